The monoisotopic (exact) mass is 277 g/mol. The molecule has 0 aromatic carbocycles. The van der Waals surface area contributed by atoms with Gasteiger partial charge >= 0.3 is 0 Å². The summed E-state index contributed by atoms with van der Waals surface area (Å²) in [7, 11) is 6.22. The molecule has 1 fully saturated rings. The lowest BCUT2D eigenvalue weighted by Crippen LogP contribution is -2.40. The number of carbonyl (C=O) groups excluding carboxylic acids is 1. The quantitative estimate of drug-likeness (QED) is 0.769. The van der Waals surface area contributed by atoms with Crippen LogP contribution in [0, 0.1) is 13.8 Å². The predicted molar refractivity (Wildman–Crippen MR) is 82.4 cm³/mol. The summed E-state index contributed by atoms with van der Waals surface area (Å²) in [6, 6.07) is 2.55. The van der Waals surface area contributed by atoms with Gasteiger partial charge in [-0.3, -0.25) is 9.69 Å². The molecule has 1 atom stereocenters. The van der Waals surface area contributed by atoms with E-state index in [1.807, 2.05) is 20.0 Å². The van der Waals surface area contributed by atoms with Crippen LogP contribution in [0.4, 0.5) is 0 Å². The van der Waals surface area contributed by atoms with Crippen LogP contribution in [-0.2, 0) is 7.05 Å². The molecule has 0 aliphatic carbocycles. The second-order valence-corrected chi connectivity index (χ2v) is 6.30. The smallest absolute Gasteiger partial charge is 0.178 e. The van der Waals surface area contributed by atoms with Gasteiger partial charge in [0.2, 0.25) is 0 Å². The normalized spacial score (nSPS) is 20.0. The van der Waals surface area contributed by atoms with Gasteiger partial charge in [0.1, 0.15) is 0 Å². The summed E-state index contributed by atoms with van der Waals surface area (Å²) in [5, 5.41) is 0. The highest BCUT2D eigenvalue weighted by molar-refractivity contribution is 5.99. The van der Waals surface area contributed by atoms with E-state index in [1.54, 1.807) is 0 Å². The second-order valence-electron chi connectivity index (χ2n) is 6.30. The average Bonchev–Trinajstić information content (AvgIpc) is 2.89. The number of hydrogen-bond donors (Lipinski definition) is 0. The van der Waals surface area contributed by atoms with Crippen molar-refractivity contribution in [1.29, 1.82) is 0 Å². The third-order valence-corrected chi connectivity index (χ3v) is 4.50. The molecule has 4 heteroatoms. The number of aromatic nitrogens is 1. The Morgan fingerprint density at radius 1 is 1.40 bits per heavy atom. The Balaban J connectivity index is 2.05. The molecule has 0 N–H and O–H groups in total. The predicted octanol–water partition coefficient (Wildman–Crippen LogP) is 1.85. The molecule has 20 heavy (non-hydrogen) atoms. The van der Waals surface area contributed by atoms with Crippen molar-refractivity contribution >= 4 is 5.78 Å². The number of carbonyl (C=O) groups is 1. The fourth-order valence-electron chi connectivity index (χ4n) is 3.14. The first-order valence-electron chi connectivity index (χ1n) is 7.45. The Labute approximate surface area is 122 Å². The average molecular weight is 277 g/mol. The number of aryl methyl sites for hydroxylation is 1. The van der Waals surface area contributed by atoms with Crippen LogP contribution in [0.2, 0.25) is 0 Å². The van der Waals surface area contributed by atoms with Crippen molar-refractivity contribution in [3.05, 3.63) is 23.0 Å². The van der Waals surface area contributed by atoms with Gasteiger partial charge in [-0.05, 0) is 53.4 Å². The summed E-state index contributed by atoms with van der Waals surface area (Å²) in [6.45, 7) is 6.73. The van der Waals surface area contributed by atoms with Crippen LogP contribution in [0.5, 0.6) is 0 Å². The van der Waals surface area contributed by atoms with E-state index >= 15 is 0 Å². The number of ketones is 1. The van der Waals surface area contributed by atoms with E-state index in [-0.39, 0.29) is 5.78 Å². The number of likely N-dealkylation sites (tertiary alicyclic amines) is 1. The molecule has 1 aromatic rings. The Morgan fingerprint density at radius 3 is 2.65 bits per heavy atom. The number of nitrogens with zero attached hydrogens (tertiary/aromatic N) is 3. The molecule has 1 saturated heterocycles. The maximum atomic E-state index is 12.5. The van der Waals surface area contributed by atoms with Gasteiger partial charge < -0.3 is 9.47 Å². The minimum Gasteiger partial charge on any atom is -0.351 e. The zero-order chi connectivity index (χ0) is 14.9. The van der Waals surface area contributed by atoms with Crippen LogP contribution in [0.1, 0.15) is 34.6 Å². The molecule has 1 unspecified atom stereocenters. The molecule has 1 aromatic heterocycles. The van der Waals surface area contributed by atoms with E-state index in [9.17, 15) is 4.79 Å². The van der Waals surface area contributed by atoms with Gasteiger partial charge in [0, 0.05) is 36.6 Å². The summed E-state index contributed by atoms with van der Waals surface area (Å²) < 4.78 is 2.09. The van der Waals surface area contributed by atoms with E-state index in [1.165, 1.54) is 12.8 Å². The molecule has 0 bridgehead atoms. The SMILES string of the molecule is Cc1cc(C(=O)CN2CCCC2CN(C)C)c(C)n1C. The van der Waals surface area contributed by atoms with E-state index in [2.05, 4.69) is 35.4 Å². The number of hydrogen-bond acceptors (Lipinski definition) is 3. The topological polar surface area (TPSA) is 28.5 Å². The molecule has 0 radical (unpaired) electrons. The highest BCUT2D eigenvalue weighted by Gasteiger charge is 2.27. The molecular weight excluding hydrogens is 250 g/mol. The summed E-state index contributed by atoms with van der Waals surface area (Å²) in [5.74, 6) is 0.261. The van der Waals surface area contributed by atoms with Crippen molar-refractivity contribution in [3.8, 4) is 0 Å². The number of Topliss-reactive ketones (excluding diaryl/α,β-unsaturated/α-hetero) is 1. The van der Waals surface area contributed by atoms with Crippen LogP contribution in [-0.4, -0.2) is 59.9 Å². The fourth-order valence-corrected chi connectivity index (χ4v) is 3.14. The van der Waals surface area contributed by atoms with E-state index < -0.39 is 0 Å². The second kappa shape index (κ2) is 6.10. The Bertz CT molecular complexity index is 490. The van der Waals surface area contributed by atoms with Gasteiger partial charge in [-0.15, -0.1) is 0 Å². The van der Waals surface area contributed by atoms with Gasteiger partial charge in [-0.2, -0.15) is 0 Å². The third-order valence-electron chi connectivity index (χ3n) is 4.50. The lowest BCUT2D eigenvalue weighted by atomic mass is 10.1. The van der Waals surface area contributed by atoms with Crippen LogP contribution in [0.25, 0.3) is 0 Å². The molecular formula is C16H27N3O. The molecule has 112 valence electrons. The van der Waals surface area contributed by atoms with Crippen LogP contribution >= 0.6 is 0 Å². The first-order chi connectivity index (χ1) is 9.40. The zero-order valence-electron chi connectivity index (χ0n) is 13.4. The largest absolute Gasteiger partial charge is 0.351 e. The van der Waals surface area contributed by atoms with Gasteiger partial charge in [-0.25, -0.2) is 0 Å². The highest BCUT2D eigenvalue weighted by Crippen LogP contribution is 2.20. The first kappa shape index (κ1) is 15.3. The van der Waals surface area contributed by atoms with E-state index in [4.69, 9.17) is 0 Å². The van der Waals surface area contributed by atoms with Crippen molar-refractivity contribution in [3.63, 3.8) is 0 Å². The minimum absolute atomic E-state index is 0.261. The van der Waals surface area contributed by atoms with Crippen molar-refractivity contribution in [2.45, 2.75) is 32.7 Å². The van der Waals surface area contributed by atoms with Gasteiger partial charge in [0.15, 0.2) is 5.78 Å². The minimum atomic E-state index is 0.261. The molecule has 1 aliphatic heterocycles. The summed E-state index contributed by atoms with van der Waals surface area (Å²) in [6.07, 6.45) is 2.41. The standard InChI is InChI=1S/C16H27N3O/c1-12-9-15(13(2)18(12)5)16(20)11-19-8-6-7-14(19)10-17(3)4/h9,14H,6-8,10-11H2,1-5H3. The van der Waals surface area contributed by atoms with Gasteiger partial charge in [0.05, 0.1) is 6.54 Å². The summed E-state index contributed by atoms with van der Waals surface area (Å²) >= 11 is 0. The summed E-state index contributed by atoms with van der Waals surface area (Å²) in [5.41, 5.74) is 3.12. The third kappa shape index (κ3) is 3.13. The number of rotatable bonds is 5. The highest BCUT2D eigenvalue weighted by atomic mass is 16.1. The maximum absolute atomic E-state index is 12.5. The maximum Gasteiger partial charge on any atom is 0.178 e. The lowest BCUT2D eigenvalue weighted by molar-refractivity contribution is 0.0909. The van der Waals surface area contributed by atoms with E-state index in [0.29, 0.717) is 12.6 Å². The zero-order valence-corrected chi connectivity index (χ0v) is 13.4. The van der Waals surface area contributed by atoms with Crippen molar-refractivity contribution in [1.82, 2.24) is 14.4 Å². The van der Waals surface area contributed by atoms with Crippen molar-refractivity contribution in [2.75, 3.05) is 33.7 Å². The first-order valence-corrected chi connectivity index (χ1v) is 7.45. The van der Waals surface area contributed by atoms with Gasteiger partial charge in [-0.1, -0.05) is 0 Å². The molecule has 1 aliphatic rings. The molecule has 2 heterocycles. The summed E-state index contributed by atoms with van der Waals surface area (Å²) in [4.78, 5) is 17.1. The van der Waals surface area contributed by atoms with Crippen molar-refractivity contribution < 1.29 is 4.79 Å². The molecule has 4 nitrogen and oxygen atoms in total. The lowest BCUT2D eigenvalue weighted by Gasteiger charge is -2.26. The van der Waals surface area contributed by atoms with Crippen LogP contribution in [0.15, 0.2) is 6.07 Å². The Kier molecular flexibility index (Phi) is 4.66. The molecule has 0 spiro atoms. The van der Waals surface area contributed by atoms with E-state index in [0.717, 1.165) is 30.0 Å². The fraction of sp³-hybridized carbons (Fsp3) is 0.688. The molecule has 2 rings (SSSR count). The molecule has 0 amide bonds. The van der Waals surface area contributed by atoms with Crippen molar-refractivity contribution in [2.24, 2.45) is 7.05 Å². The molecule has 0 saturated carbocycles. The van der Waals surface area contributed by atoms with Gasteiger partial charge in [0.25, 0.3) is 0 Å². The van der Waals surface area contributed by atoms with Crippen LogP contribution in [0.3, 0.4) is 0 Å². The van der Waals surface area contributed by atoms with Crippen LogP contribution < -0.4 is 0 Å². The Hall–Kier alpha value is -1.13. The number of likely N-dealkylation sites (N-methyl/N-ethyl adjacent to an activating group) is 1. The Morgan fingerprint density at radius 2 is 2.10 bits per heavy atom.